The predicted molar refractivity (Wildman–Crippen MR) is 58.8 cm³/mol. The molecule has 1 unspecified atom stereocenters. The van der Waals surface area contributed by atoms with E-state index in [1.165, 1.54) is 0 Å². The van der Waals surface area contributed by atoms with Crippen molar-refractivity contribution in [2.24, 2.45) is 0 Å². The molecule has 1 aliphatic heterocycles. The Morgan fingerprint density at radius 3 is 2.50 bits per heavy atom. The molecule has 1 saturated heterocycles. The Bertz CT molecular complexity index is 331. The van der Waals surface area contributed by atoms with Crippen LogP contribution < -0.4 is 0 Å². The van der Waals surface area contributed by atoms with E-state index in [2.05, 4.69) is 6.58 Å². The number of hydrogen-bond acceptors (Lipinski definition) is 2. The summed E-state index contributed by atoms with van der Waals surface area (Å²) in [5, 5.41) is 18.2. The normalized spacial score (nSPS) is 24.4. The second kappa shape index (κ2) is 4.74. The van der Waals surface area contributed by atoms with Crippen LogP contribution in [0.5, 0.6) is 0 Å². The van der Waals surface area contributed by atoms with Crippen molar-refractivity contribution in [3.05, 3.63) is 12.2 Å². The molecule has 1 aliphatic rings. The number of halogens is 1. The quantitative estimate of drug-likeness (QED) is 0.586. The van der Waals surface area contributed by atoms with E-state index in [0.717, 1.165) is 4.90 Å². The topological polar surface area (TPSA) is 77.8 Å². The highest BCUT2D eigenvalue weighted by molar-refractivity contribution is 6.19. The zero-order chi connectivity index (χ0) is 12.3. The summed E-state index contributed by atoms with van der Waals surface area (Å²) in [6, 6.07) is 0. The molecule has 0 spiro atoms. The van der Waals surface area contributed by atoms with Crippen molar-refractivity contribution in [1.29, 1.82) is 0 Å². The minimum absolute atomic E-state index is 0.0815. The standard InChI is InChI=1S/C10H14ClNO4/c1-7(6-11)5-10(8(13)14)3-2-4-12(10)9(15)16/h1-6H2,(H,13,14)(H,15,16). The number of amides is 1. The van der Waals surface area contributed by atoms with Crippen LogP contribution in [0.2, 0.25) is 0 Å². The van der Waals surface area contributed by atoms with Crippen molar-refractivity contribution in [2.45, 2.75) is 24.8 Å². The third-order valence-electron chi connectivity index (χ3n) is 2.85. The molecule has 2 N–H and O–H groups in total. The van der Waals surface area contributed by atoms with Crippen LogP contribution in [0.25, 0.3) is 0 Å². The summed E-state index contributed by atoms with van der Waals surface area (Å²) in [6.45, 7) is 3.89. The van der Waals surface area contributed by atoms with Gasteiger partial charge in [-0.2, -0.15) is 0 Å². The molecule has 0 saturated carbocycles. The van der Waals surface area contributed by atoms with Crippen molar-refractivity contribution >= 4 is 23.7 Å². The minimum atomic E-state index is -1.38. The van der Waals surface area contributed by atoms with Crippen molar-refractivity contribution < 1.29 is 19.8 Å². The maximum absolute atomic E-state index is 11.3. The van der Waals surface area contributed by atoms with Crippen LogP contribution in [0.15, 0.2) is 12.2 Å². The summed E-state index contributed by atoms with van der Waals surface area (Å²) in [6.07, 6.45) is -0.265. The molecule has 0 radical (unpaired) electrons. The summed E-state index contributed by atoms with van der Waals surface area (Å²) >= 11 is 5.57. The zero-order valence-corrected chi connectivity index (χ0v) is 9.53. The molecule has 1 amide bonds. The first kappa shape index (κ1) is 12.8. The van der Waals surface area contributed by atoms with E-state index in [4.69, 9.17) is 16.7 Å². The number of aliphatic carboxylic acids is 1. The molecule has 0 aromatic rings. The van der Waals surface area contributed by atoms with E-state index in [9.17, 15) is 14.7 Å². The van der Waals surface area contributed by atoms with Crippen LogP contribution >= 0.6 is 11.6 Å². The number of carboxylic acids is 1. The van der Waals surface area contributed by atoms with Crippen LogP contribution in [0.4, 0.5) is 4.79 Å². The van der Waals surface area contributed by atoms with Gasteiger partial charge in [-0.3, -0.25) is 4.90 Å². The third-order valence-corrected chi connectivity index (χ3v) is 3.23. The lowest BCUT2D eigenvalue weighted by Gasteiger charge is -2.33. The molecule has 1 atom stereocenters. The molecule has 5 nitrogen and oxygen atoms in total. The van der Waals surface area contributed by atoms with Gasteiger partial charge in [-0.05, 0) is 12.8 Å². The summed E-state index contributed by atoms with van der Waals surface area (Å²) in [4.78, 5) is 23.3. The molecule has 0 aliphatic carbocycles. The van der Waals surface area contributed by atoms with Crippen molar-refractivity contribution in [3.8, 4) is 0 Å². The maximum Gasteiger partial charge on any atom is 0.408 e. The fourth-order valence-corrected chi connectivity index (χ4v) is 2.19. The Labute approximate surface area is 98.3 Å². The third kappa shape index (κ3) is 2.14. The Morgan fingerprint density at radius 1 is 1.44 bits per heavy atom. The Kier molecular flexibility index (Phi) is 3.80. The average Bonchev–Trinajstić information content (AvgIpc) is 2.62. The lowest BCUT2D eigenvalue weighted by molar-refractivity contribution is -0.148. The van der Waals surface area contributed by atoms with Gasteiger partial charge in [-0.1, -0.05) is 12.2 Å². The molecule has 90 valence electrons. The molecule has 0 aromatic carbocycles. The van der Waals surface area contributed by atoms with Gasteiger partial charge >= 0.3 is 12.1 Å². The van der Waals surface area contributed by atoms with Crippen molar-refractivity contribution in [2.75, 3.05) is 12.4 Å². The molecule has 6 heteroatoms. The molecular weight excluding hydrogens is 234 g/mol. The Balaban J connectivity index is 3.00. The van der Waals surface area contributed by atoms with Crippen LogP contribution in [-0.4, -0.2) is 45.1 Å². The van der Waals surface area contributed by atoms with Gasteiger partial charge in [-0.15, -0.1) is 11.6 Å². The highest BCUT2D eigenvalue weighted by Crippen LogP contribution is 2.35. The molecule has 0 bridgehead atoms. The van der Waals surface area contributed by atoms with E-state index in [-0.39, 0.29) is 18.8 Å². The largest absolute Gasteiger partial charge is 0.479 e. The zero-order valence-electron chi connectivity index (χ0n) is 8.78. The minimum Gasteiger partial charge on any atom is -0.479 e. The lowest BCUT2D eigenvalue weighted by atomic mass is 9.89. The lowest BCUT2D eigenvalue weighted by Crippen LogP contribution is -2.53. The fourth-order valence-electron chi connectivity index (χ4n) is 2.10. The van der Waals surface area contributed by atoms with Crippen LogP contribution in [0.3, 0.4) is 0 Å². The first-order valence-corrected chi connectivity index (χ1v) is 5.44. The predicted octanol–water partition coefficient (Wildman–Crippen LogP) is 1.77. The van der Waals surface area contributed by atoms with Gasteiger partial charge in [-0.25, -0.2) is 9.59 Å². The highest BCUT2D eigenvalue weighted by Gasteiger charge is 2.50. The van der Waals surface area contributed by atoms with Gasteiger partial charge < -0.3 is 10.2 Å². The number of hydrogen-bond donors (Lipinski definition) is 2. The second-order valence-corrected chi connectivity index (χ2v) is 4.20. The van der Waals surface area contributed by atoms with Crippen molar-refractivity contribution in [1.82, 2.24) is 4.90 Å². The number of carboxylic acid groups (broad SMARTS) is 2. The van der Waals surface area contributed by atoms with Gasteiger partial charge in [0.15, 0.2) is 0 Å². The SMILES string of the molecule is C=C(CCl)CC1(C(=O)O)CCCN1C(=O)O. The van der Waals surface area contributed by atoms with Crippen LogP contribution in [0, 0.1) is 0 Å². The molecule has 1 fully saturated rings. The fraction of sp³-hybridized carbons (Fsp3) is 0.600. The Hall–Kier alpha value is -1.23. The van der Waals surface area contributed by atoms with Crippen LogP contribution in [-0.2, 0) is 4.79 Å². The average molecular weight is 248 g/mol. The Morgan fingerprint density at radius 2 is 2.06 bits per heavy atom. The van der Waals surface area contributed by atoms with E-state index >= 15 is 0 Å². The number of alkyl halides is 1. The van der Waals surface area contributed by atoms with Gasteiger partial charge in [0.2, 0.25) is 0 Å². The molecule has 1 rings (SSSR count). The van der Waals surface area contributed by atoms with E-state index in [1.807, 2.05) is 0 Å². The van der Waals surface area contributed by atoms with E-state index in [0.29, 0.717) is 18.4 Å². The van der Waals surface area contributed by atoms with E-state index < -0.39 is 17.6 Å². The molecule has 1 heterocycles. The summed E-state index contributed by atoms with van der Waals surface area (Å²) < 4.78 is 0. The number of nitrogens with zero attached hydrogens (tertiary/aromatic N) is 1. The summed E-state index contributed by atoms with van der Waals surface area (Å²) in [7, 11) is 0. The van der Waals surface area contributed by atoms with E-state index in [1.54, 1.807) is 0 Å². The second-order valence-electron chi connectivity index (χ2n) is 3.93. The van der Waals surface area contributed by atoms with Crippen LogP contribution in [0.1, 0.15) is 19.3 Å². The van der Waals surface area contributed by atoms with Gasteiger partial charge in [0.05, 0.1) is 0 Å². The maximum atomic E-state index is 11.3. The molecular formula is C10H14ClNO4. The summed E-state index contributed by atoms with van der Waals surface area (Å²) in [5.41, 5.74) is -0.838. The first-order chi connectivity index (χ1) is 7.44. The first-order valence-electron chi connectivity index (χ1n) is 4.90. The smallest absolute Gasteiger partial charge is 0.408 e. The van der Waals surface area contributed by atoms with Crippen molar-refractivity contribution in [3.63, 3.8) is 0 Å². The van der Waals surface area contributed by atoms with Gasteiger partial charge in [0.25, 0.3) is 0 Å². The molecule has 16 heavy (non-hydrogen) atoms. The highest BCUT2D eigenvalue weighted by atomic mass is 35.5. The molecule has 0 aromatic heterocycles. The number of carbonyl (C=O) groups is 2. The monoisotopic (exact) mass is 247 g/mol. The summed E-state index contributed by atoms with van der Waals surface area (Å²) in [5.74, 6) is -0.985. The number of rotatable bonds is 4. The van der Waals surface area contributed by atoms with Gasteiger partial charge in [0, 0.05) is 18.8 Å². The number of likely N-dealkylation sites (tertiary alicyclic amines) is 1. The van der Waals surface area contributed by atoms with Gasteiger partial charge in [0.1, 0.15) is 5.54 Å².